The van der Waals surface area contributed by atoms with Gasteiger partial charge in [-0.2, -0.15) is 0 Å². The summed E-state index contributed by atoms with van der Waals surface area (Å²) in [6.07, 6.45) is 23.1. The van der Waals surface area contributed by atoms with Gasteiger partial charge in [-0.25, -0.2) is 0 Å². The average Bonchev–Trinajstić information content (AvgIpc) is 3.06. The Morgan fingerprint density at radius 2 is 1.03 bits per heavy atom. The van der Waals surface area contributed by atoms with Gasteiger partial charge in [-0.05, 0) is 38.3 Å². The molecule has 0 heterocycles. The molecule has 0 fully saturated rings. The summed E-state index contributed by atoms with van der Waals surface area (Å²) in [6.45, 7) is 14.5. The summed E-state index contributed by atoms with van der Waals surface area (Å²) in [5.41, 5.74) is 4.79. The molecular formula is C34H58Si. The first-order valence-electron chi connectivity index (χ1n) is 15.4. The number of benzene rings is 1. The van der Waals surface area contributed by atoms with Gasteiger partial charge in [0.15, 0.2) is 0 Å². The first kappa shape index (κ1) is 30.1. The van der Waals surface area contributed by atoms with E-state index in [1.54, 1.807) is 21.9 Å². The third-order valence-electron chi connectivity index (χ3n) is 9.18. The molecule has 35 heavy (non-hydrogen) atoms. The van der Waals surface area contributed by atoms with Crippen molar-refractivity contribution in [3.05, 3.63) is 52.2 Å². The van der Waals surface area contributed by atoms with Gasteiger partial charge in [0.1, 0.15) is 8.07 Å². The Morgan fingerprint density at radius 1 is 0.600 bits per heavy atom. The maximum absolute atomic E-state index is 2.66. The van der Waals surface area contributed by atoms with Crippen molar-refractivity contribution in [1.29, 1.82) is 0 Å². The first-order valence-corrected chi connectivity index (χ1v) is 18.1. The molecule has 0 saturated carbocycles. The molecule has 0 nitrogen and oxygen atoms in total. The van der Waals surface area contributed by atoms with E-state index in [0.29, 0.717) is 5.92 Å². The Bertz CT molecular complexity index is 771. The molecule has 0 aliphatic heterocycles. The lowest BCUT2D eigenvalue weighted by Gasteiger charge is -2.34. The van der Waals surface area contributed by atoms with Gasteiger partial charge in [-0.3, -0.25) is 0 Å². The topological polar surface area (TPSA) is 0 Å². The van der Waals surface area contributed by atoms with Gasteiger partial charge in [-0.1, -0.05) is 175 Å². The van der Waals surface area contributed by atoms with Crippen molar-refractivity contribution in [1.82, 2.24) is 0 Å². The van der Waals surface area contributed by atoms with Crippen LogP contribution in [0.15, 0.2) is 52.2 Å². The van der Waals surface area contributed by atoms with E-state index in [1.165, 1.54) is 109 Å². The van der Waals surface area contributed by atoms with Crippen LogP contribution >= 0.6 is 0 Å². The standard InChI is InChI=1S/C34H58Si/c1-7-8-9-10-11-12-13-14-15-16-17-18-19-20-21-25-28-35(6,33-26-23-22-24-27-33)34-31(4)29(2)30(3)32(34)5/h22-24,26-27,31H,7-21,25,28H2,1-6H3. The van der Waals surface area contributed by atoms with Crippen molar-refractivity contribution in [3.63, 3.8) is 0 Å². The fourth-order valence-electron chi connectivity index (χ4n) is 6.52. The molecule has 1 aromatic carbocycles. The SMILES string of the molecule is CCCCCCCCCCCCCCCCCC[Si](C)(C1=C(C)C(C)=C(C)C1C)c1ccccc1. The highest BCUT2D eigenvalue weighted by molar-refractivity contribution is 6.97. The molecule has 0 amide bonds. The average molecular weight is 495 g/mol. The monoisotopic (exact) mass is 494 g/mol. The molecule has 2 unspecified atom stereocenters. The van der Waals surface area contributed by atoms with Crippen LogP contribution in [0.5, 0.6) is 0 Å². The van der Waals surface area contributed by atoms with E-state index in [1.807, 2.05) is 5.20 Å². The summed E-state index contributed by atoms with van der Waals surface area (Å²) in [5.74, 6) is 0.632. The lowest BCUT2D eigenvalue weighted by atomic mass is 10.0. The summed E-state index contributed by atoms with van der Waals surface area (Å²) in [5, 5.41) is 3.46. The minimum Gasteiger partial charge on any atom is -0.0660 e. The van der Waals surface area contributed by atoms with Crippen molar-refractivity contribution in [2.24, 2.45) is 5.92 Å². The van der Waals surface area contributed by atoms with Crippen molar-refractivity contribution >= 4 is 13.3 Å². The highest BCUT2D eigenvalue weighted by Crippen LogP contribution is 2.43. The van der Waals surface area contributed by atoms with Crippen LogP contribution in [0, 0.1) is 5.92 Å². The Hall–Kier alpha value is -1.08. The molecular weight excluding hydrogens is 436 g/mol. The summed E-state index contributed by atoms with van der Waals surface area (Å²) in [4.78, 5) is 0. The maximum Gasteiger partial charge on any atom is 0.111 e. The second-order valence-corrected chi connectivity index (χ2v) is 16.1. The minimum atomic E-state index is -1.67. The zero-order valence-electron chi connectivity index (χ0n) is 24.5. The van der Waals surface area contributed by atoms with Crippen molar-refractivity contribution in [2.45, 2.75) is 150 Å². The maximum atomic E-state index is 2.66. The van der Waals surface area contributed by atoms with Crippen LogP contribution in [0.4, 0.5) is 0 Å². The zero-order chi connectivity index (χ0) is 25.5. The molecule has 2 rings (SSSR count). The van der Waals surface area contributed by atoms with Crippen LogP contribution in [0.2, 0.25) is 12.6 Å². The van der Waals surface area contributed by atoms with Crippen LogP contribution in [-0.2, 0) is 0 Å². The predicted molar refractivity (Wildman–Crippen MR) is 162 cm³/mol. The molecule has 0 aromatic heterocycles. The zero-order valence-corrected chi connectivity index (χ0v) is 25.5. The van der Waals surface area contributed by atoms with Gasteiger partial charge in [0.25, 0.3) is 0 Å². The highest BCUT2D eigenvalue weighted by atomic mass is 28.3. The minimum absolute atomic E-state index is 0.632. The third-order valence-corrected chi connectivity index (χ3v) is 14.1. The van der Waals surface area contributed by atoms with Crippen LogP contribution < -0.4 is 5.19 Å². The van der Waals surface area contributed by atoms with Gasteiger partial charge >= 0.3 is 0 Å². The van der Waals surface area contributed by atoms with E-state index in [9.17, 15) is 0 Å². The number of hydrogen-bond donors (Lipinski definition) is 0. The second-order valence-electron chi connectivity index (χ2n) is 11.8. The van der Waals surface area contributed by atoms with Crippen LogP contribution in [-0.4, -0.2) is 8.07 Å². The lowest BCUT2D eigenvalue weighted by Crippen LogP contribution is -2.48. The lowest BCUT2D eigenvalue weighted by molar-refractivity contribution is 0.531. The Labute approximate surface area is 221 Å². The Balaban J connectivity index is 1.65. The van der Waals surface area contributed by atoms with Crippen molar-refractivity contribution in [3.8, 4) is 0 Å². The molecule has 0 spiro atoms. The Morgan fingerprint density at radius 3 is 1.43 bits per heavy atom. The largest absolute Gasteiger partial charge is 0.111 e. The summed E-state index contributed by atoms with van der Waals surface area (Å²) < 4.78 is 0. The van der Waals surface area contributed by atoms with Gasteiger partial charge in [0.05, 0.1) is 0 Å². The molecule has 1 heteroatoms. The number of allylic oxidation sites excluding steroid dienone is 4. The molecule has 0 bridgehead atoms. The number of unbranched alkanes of at least 4 members (excludes halogenated alkanes) is 15. The van der Waals surface area contributed by atoms with E-state index in [2.05, 4.69) is 71.5 Å². The molecule has 0 N–H and O–H groups in total. The fraction of sp³-hybridized carbons (Fsp3) is 0.706. The summed E-state index contributed by atoms with van der Waals surface area (Å²) in [6, 6.07) is 13.0. The van der Waals surface area contributed by atoms with E-state index >= 15 is 0 Å². The van der Waals surface area contributed by atoms with Crippen LogP contribution in [0.3, 0.4) is 0 Å². The second kappa shape index (κ2) is 16.6. The van der Waals surface area contributed by atoms with E-state index < -0.39 is 8.07 Å². The fourth-order valence-corrected chi connectivity index (χ4v) is 11.5. The predicted octanol–water partition coefficient (Wildman–Crippen LogP) is 11.1. The molecule has 0 saturated heterocycles. The van der Waals surface area contributed by atoms with E-state index in [-0.39, 0.29) is 0 Å². The number of hydrogen-bond acceptors (Lipinski definition) is 0. The van der Waals surface area contributed by atoms with Gasteiger partial charge in [0.2, 0.25) is 0 Å². The van der Waals surface area contributed by atoms with E-state index in [0.717, 1.165) is 0 Å². The highest BCUT2D eigenvalue weighted by Gasteiger charge is 2.40. The molecule has 1 aliphatic carbocycles. The molecule has 0 radical (unpaired) electrons. The quantitative estimate of drug-likeness (QED) is 0.132. The van der Waals surface area contributed by atoms with Gasteiger partial charge in [-0.15, -0.1) is 0 Å². The summed E-state index contributed by atoms with van der Waals surface area (Å²) >= 11 is 0. The molecule has 1 aliphatic rings. The van der Waals surface area contributed by atoms with E-state index in [4.69, 9.17) is 0 Å². The summed E-state index contributed by atoms with van der Waals surface area (Å²) in [7, 11) is -1.67. The van der Waals surface area contributed by atoms with Gasteiger partial charge in [0, 0.05) is 0 Å². The van der Waals surface area contributed by atoms with Crippen molar-refractivity contribution in [2.75, 3.05) is 0 Å². The number of rotatable bonds is 19. The molecule has 1 aromatic rings. The smallest absolute Gasteiger partial charge is 0.0660 e. The first-order chi connectivity index (χ1) is 16.9. The van der Waals surface area contributed by atoms with Crippen molar-refractivity contribution < 1.29 is 0 Å². The normalized spacial score (nSPS) is 17.9. The third kappa shape index (κ3) is 9.38. The Kier molecular flexibility index (Phi) is 14.3. The molecule has 198 valence electrons. The van der Waals surface area contributed by atoms with Gasteiger partial charge < -0.3 is 0 Å². The van der Waals surface area contributed by atoms with Crippen LogP contribution in [0.1, 0.15) is 137 Å². The van der Waals surface area contributed by atoms with Crippen LogP contribution in [0.25, 0.3) is 0 Å². The molecule has 2 atom stereocenters.